The van der Waals surface area contributed by atoms with E-state index in [4.69, 9.17) is 14.7 Å². The van der Waals surface area contributed by atoms with Gasteiger partial charge in [-0.15, -0.1) is 0 Å². The molecule has 0 aliphatic heterocycles. The molecular weight excluding hydrogens is 348 g/mol. The molecule has 0 bridgehead atoms. The predicted molar refractivity (Wildman–Crippen MR) is 72.9 cm³/mol. The molecule has 0 unspecified atom stereocenters. The van der Waals surface area contributed by atoms with Crippen LogP contribution in [-0.4, -0.2) is 10.1 Å². The first-order valence-electron chi connectivity index (χ1n) is 5.87. The maximum Gasteiger partial charge on any atom is 0.293 e. The molecule has 0 fully saturated rings. The maximum atomic E-state index is 13.5. The smallest absolute Gasteiger partial charge is 0.293 e. The Morgan fingerprint density at radius 2 is 2.00 bits per heavy atom. The Hall–Kier alpha value is -2.06. The van der Waals surface area contributed by atoms with E-state index in [1.165, 1.54) is 6.07 Å². The molecule has 3 aromatic rings. The molecular formula is C13H8BrF2N3O2. The van der Waals surface area contributed by atoms with Crippen LogP contribution < -0.4 is 5.73 Å². The first-order chi connectivity index (χ1) is 10.1. The SMILES string of the molecule is NCc1ccc(-c2nc(-c3ccc(F)c(F)c3Br)no2)o1. The van der Waals surface area contributed by atoms with E-state index in [-0.39, 0.29) is 28.3 Å². The summed E-state index contributed by atoms with van der Waals surface area (Å²) in [4.78, 5) is 4.10. The fourth-order valence-electron chi connectivity index (χ4n) is 1.73. The monoisotopic (exact) mass is 355 g/mol. The largest absolute Gasteiger partial charge is 0.455 e. The summed E-state index contributed by atoms with van der Waals surface area (Å²) in [7, 11) is 0. The van der Waals surface area contributed by atoms with Crippen molar-refractivity contribution >= 4 is 15.9 Å². The number of furan rings is 1. The summed E-state index contributed by atoms with van der Waals surface area (Å²) in [5.74, 6) is -0.815. The highest BCUT2D eigenvalue weighted by Gasteiger charge is 2.19. The Morgan fingerprint density at radius 3 is 2.71 bits per heavy atom. The molecule has 1 aromatic carbocycles. The molecule has 0 saturated heterocycles. The first-order valence-corrected chi connectivity index (χ1v) is 6.66. The van der Waals surface area contributed by atoms with Gasteiger partial charge in [-0.05, 0) is 40.2 Å². The highest BCUT2D eigenvalue weighted by molar-refractivity contribution is 9.10. The van der Waals surface area contributed by atoms with Crippen molar-refractivity contribution < 1.29 is 17.7 Å². The lowest BCUT2D eigenvalue weighted by Crippen LogP contribution is -1.92. The Morgan fingerprint density at radius 1 is 1.19 bits per heavy atom. The van der Waals surface area contributed by atoms with Crippen molar-refractivity contribution in [2.24, 2.45) is 5.73 Å². The van der Waals surface area contributed by atoms with E-state index in [0.29, 0.717) is 11.5 Å². The quantitative estimate of drug-likeness (QED) is 0.727. The summed E-state index contributed by atoms with van der Waals surface area (Å²) >= 11 is 2.97. The summed E-state index contributed by atoms with van der Waals surface area (Å²) < 4.78 is 37.0. The zero-order valence-corrected chi connectivity index (χ0v) is 12.0. The maximum absolute atomic E-state index is 13.5. The molecule has 108 valence electrons. The number of nitrogens with zero attached hydrogens (tertiary/aromatic N) is 2. The highest BCUT2D eigenvalue weighted by Crippen LogP contribution is 2.31. The van der Waals surface area contributed by atoms with Gasteiger partial charge in [0.05, 0.1) is 11.0 Å². The summed E-state index contributed by atoms with van der Waals surface area (Å²) in [6.45, 7) is 0.246. The van der Waals surface area contributed by atoms with E-state index in [0.717, 1.165) is 6.07 Å². The summed E-state index contributed by atoms with van der Waals surface area (Å²) in [6.07, 6.45) is 0. The van der Waals surface area contributed by atoms with Crippen LogP contribution in [0.5, 0.6) is 0 Å². The summed E-state index contributed by atoms with van der Waals surface area (Å²) in [6, 6.07) is 5.67. The molecule has 0 saturated carbocycles. The lowest BCUT2D eigenvalue weighted by molar-refractivity contribution is 0.412. The molecule has 0 aliphatic carbocycles. The zero-order chi connectivity index (χ0) is 15.0. The van der Waals surface area contributed by atoms with E-state index in [1.54, 1.807) is 12.1 Å². The molecule has 5 nitrogen and oxygen atoms in total. The third-order valence-electron chi connectivity index (χ3n) is 2.78. The number of rotatable bonds is 3. The van der Waals surface area contributed by atoms with Crippen LogP contribution in [0.15, 0.2) is 37.7 Å². The summed E-state index contributed by atoms with van der Waals surface area (Å²) in [5.41, 5.74) is 5.72. The number of halogens is 3. The van der Waals surface area contributed by atoms with E-state index in [2.05, 4.69) is 26.1 Å². The van der Waals surface area contributed by atoms with Gasteiger partial charge in [-0.25, -0.2) is 8.78 Å². The lowest BCUT2D eigenvalue weighted by Gasteiger charge is -2.00. The molecule has 2 N–H and O–H groups in total. The van der Waals surface area contributed by atoms with Gasteiger partial charge < -0.3 is 14.7 Å². The topological polar surface area (TPSA) is 78.1 Å². The first kappa shape index (κ1) is 13.9. The standard InChI is InChI=1S/C13H8BrF2N3O2/c14-10-7(2-3-8(15)11(10)16)12-18-13(21-19-12)9-4-1-6(5-17)20-9/h1-4H,5,17H2. The minimum atomic E-state index is -1.01. The Balaban J connectivity index is 2.00. The van der Waals surface area contributed by atoms with Crippen LogP contribution in [-0.2, 0) is 6.54 Å². The third kappa shape index (κ3) is 2.47. The van der Waals surface area contributed by atoms with Crippen LogP contribution in [0.25, 0.3) is 23.0 Å². The average molecular weight is 356 g/mol. The second kappa shape index (κ2) is 5.38. The van der Waals surface area contributed by atoms with E-state index >= 15 is 0 Å². The van der Waals surface area contributed by atoms with Crippen LogP contribution in [0.1, 0.15) is 5.76 Å². The van der Waals surface area contributed by atoms with Crippen molar-refractivity contribution in [2.75, 3.05) is 0 Å². The van der Waals surface area contributed by atoms with Gasteiger partial charge >= 0.3 is 0 Å². The summed E-state index contributed by atoms with van der Waals surface area (Å²) in [5, 5.41) is 3.73. The Labute approximate surface area is 125 Å². The van der Waals surface area contributed by atoms with Gasteiger partial charge in [-0.2, -0.15) is 4.98 Å². The van der Waals surface area contributed by atoms with Crippen molar-refractivity contribution in [1.29, 1.82) is 0 Å². The van der Waals surface area contributed by atoms with Crippen molar-refractivity contribution in [1.82, 2.24) is 10.1 Å². The molecule has 8 heteroatoms. The van der Waals surface area contributed by atoms with Crippen molar-refractivity contribution in [3.05, 3.63) is 46.1 Å². The van der Waals surface area contributed by atoms with E-state index in [1.807, 2.05) is 0 Å². The van der Waals surface area contributed by atoms with Gasteiger partial charge in [-0.3, -0.25) is 0 Å². The van der Waals surface area contributed by atoms with Crippen molar-refractivity contribution in [3.63, 3.8) is 0 Å². The van der Waals surface area contributed by atoms with Gasteiger partial charge in [0.2, 0.25) is 5.82 Å². The van der Waals surface area contributed by atoms with Gasteiger partial charge in [0.15, 0.2) is 17.4 Å². The van der Waals surface area contributed by atoms with Crippen LogP contribution >= 0.6 is 15.9 Å². The van der Waals surface area contributed by atoms with Crippen molar-refractivity contribution in [3.8, 4) is 23.0 Å². The van der Waals surface area contributed by atoms with Crippen molar-refractivity contribution in [2.45, 2.75) is 6.54 Å². The number of hydrogen-bond acceptors (Lipinski definition) is 5. The predicted octanol–water partition coefficient (Wildman–Crippen LogP) is 3.50. The van der Waals surface area contributed by atoms with Gasteiger partial charge in [-0.1, -0.05) is 5.16 Å². The molecule has 0 amide bonds. The van der Waals surface area contributed by atoms with Gasteiger partial charge in [0.25, 0.3) is 5.89 Å². The van der Waals surface area contributed by atoms with E-state index in [9.17, 15) is 8.78 Å². The van der Waals surface area contributed by atoms with Gasteiger partial charge in [0, 0.05) is 5.56 Å². The van der Waals surface area contributed by atoms with E-state index < -0.39 is 11.6 Å². The number of benzene rings is 1. The minimum Gasteiger partial charge on any atom is -0.455 e. The zero-order valence-electron chi connectivity index (χ0n) is 10.4. The Bertz CT molecular complexity index is 801. The fourth-order valence-corrected chi connectivity index (χ4v) is 2.23. The molecule has 0 aliphatic rings. The average Bonchev–Trinajstić information content (AvgIpc) is 3.13. The Kier molecular flexibility index (Phi) is 3.56. The molecule has 3 rings (SSSR count). The second-order valence-corrected chi connectivity index (χ2v) is 4.91. The number of nitrogens with two attached hydrogens (primary N) is 1. The fraction of sp³-hybridized carbons (Fsp3) is 0.0769. The molecule has 2 heterocycles. The molecule has 0 atom stereocenters. The van der Waals surface area contributed by atoms with Crippen LogP contribution in [0.3, 0.4) is 0 Å². The number of hydrogen-bond donors (Lipinski definition) is 1. The molecule has 0 radical (unpaired) electrons. The molecule has 2 aromatic heterocycles. The second-order valence-electron chi connectivity index (χ2n) is 4.12. The van der Waals surface area contributed by atoms with Crippen LogP contribution in [0.2, 0.25) is 0 Å². The van der Waals surface area contributed by atoms with Gasteiger partial charge in [0.1, 0.15) is 5.76 Å². The molecule has 21 heavy (non-hydrogen) atoms. The highest BCUT2D eigenvalue weighted by atomic mass is 79.9. The van der Waals surface area contributed by atoms with Crippen LogP contribution in [0.4, 0.5) is 8.78 Å². The lowest BCUT2D eigenvalue weighted by atomic mass is 10.2. The third-order valence-corrected chi connectivity index (χ3v) is 3.55. The molecule has 0 spiro atoms. The normalized spacial score (nSPS) is 11.0. The number of aromatic nitrogens is 2. The van der Waals surface area contributed by atoms with Crippen LogP contribution in [0, 0.1) is 11.6 Å². The minimum absolute atomic E-state index is 0.0723.